The fourth-order valence-electron chi connectivity index (χ4n) is 7.02. The van der Waals surface area contributed by atoms with E-state index in [2.05, 4.69) is 0 Å². The predicted octanol–water partition coefficient (Wildman–Crippen LogP) is 5.17. The Morgan fingerprint density at radius 2 is 0.647 bits per heavy atom. The van der Waals surface area contributed by atoms with E-state index in [0.717, 1.165) is 29.1 Å². The van der Waals surface area contributed by atoms with Gasteiger partial charge in [-0.2, -0.15) is 0 Å². The molecular formula is C17H28. The molecule has 0 nitrogen and oxygen atoms in total. The first-order valence-corrected chi connectivity index (χ1v) is 8.42. The lowest BCUT2D eigenvalue weighted by atomic mass is 9.40. The Bertz CT molecular complexity index is 215. The van der Waals surface area contributed by atoms with Gasteiger partial charge >= 0.3 is 0 Å². The quantitative estimate of drug-likeness (QED) is 0.540. The predicted molar refractivity (Wildman–Crippen MR) is 71.8 cm³/mol. The zero-order valence-corrected chi connectivity index (χ0v) is 11.3. The van der Waals surface area contributed by atoms with Crippen molar-refractivity contribution in [1.29, 1.82) is 0 Å². The van der Waals surface area contributed by atoms with Crippen molar-refractivity contribution >= 4 is 0 Å². The SMILES string of the molecule is C1CC2CCCC3CCCC4CCCC(C1)C234. The fourth-order valence-corrected chi connectivity index (χ4v) is 7.02. The van der Waals surface area contributed by atoms with Gasteiger partial charge in [0.1, 0.15) is 0 Å². The molecule has 0 aliphatic heterocycles. The van der Waals surface area contributed by atoms with E-state index < -0.39 is 0 Å². The molecule has 96 valence electrons. The molecule has 0 aromatic heterocycles. The highest BCUT2D eigenvalue weighted by Crippen LogP contribution is 2.67. The van der Waals surface area contributed by atoms with E-state index in [1.54, 1.807) is 77.0 Å². The van der Waals surface area contributed by atoms with Gasteiger partial charge in [0.25, 0.3) is 0 Å². The highest BCUT2D eigenvalue weighted by molar-refractivity contribution is 5.08. The van der Waals surface area contributed by atoms with Gasteiger partial charge in [-0.25, -0.2) is 0 Å². The van der Waals surface area contributed by atoms with Crippen LogP contribution >= 0.6 is 0 Å². The lowest BCUT2D eigenvalue weighted by Gasteiger charge is -2.65. The van der Waals surface area contributed by atoms with Crippen LogP contribution in [-0.4, -0.2) is 0 Å². The molecule has 0 radical (unpaired) electrons. The molecular weight excluding hydrogens is 204 g/mol. The monoisotopic (exact) mass is 232 g/mol. The molecule has 0 unspecified atom stereocenters. The summed E-state index contributed by atoms with van der Waals surface area (Å²) in [4.78, 5) is 0. The Balaban J connectivity index is 1.78. The number of hydrogen-bond donors (Lipinski definition) is 0. The second-order valence-corrected chi connectivity index (χ2v) is 7.51. The maximum Gasteiger partial charge on any atom is -0.0184 e. The molecule has 1 spiro atoms. The van der Waals surface area contributed by atoms with E-state index in [1.807, 2.05) is 0 Å². The van der Waals surface area contributed by atoms with Gasteiger partial charge in [0.2, 0.25) is 0 Å². The van der Waals surface area contributed by atoms with Gasteiger partial charge in [0.05, 0.1) is 0 Å². The molecule has 0 bridgehead atoms. The van der Waals surface area contributed by atoms with E-state index in [1.165, 1.54) is 0 Å². The third-order valence-electron chi connectivity index (χ3n) is 7.25. The third kappa shape index (κ3) is 1.36. The van der Waals surface area contributed by atoms with Crippen LogP contribution in [0.1, 0.15) is 77.0 Å². The van der Waals surface area contributed by atoms with Gasteiger partial charge < -0.3 is 0 Å². The normalized spacial score (nSPS) is 53.6. The lowest BCUT2D eigenvalue weighted by Crippen LogP contribution is -2.57. The van der Waals surface area contributed by atoms with Gasteiger partial charge in [-0.1, -0.05) is 25.7 Å². The molecule has 0 aromatic carbocycles. The summed E-state index contributed by atoms with van der Waals surface area (Å²) in [5, 5.41) is 0. The summed E-state index contributed by atoms with van der Waals surface area (Å²) in [7, 11) is 0. The second kappa shape index (κ2) is 4.00. The van der Waals surface area contributed by atoms with Crippen LogP contribution in [0.3, 0.4) is 0 Å². The lowest BCUT2D eigenvalue weighted by molar-refractivity contribution is -0.156. The highest BCUT2D eigenvalue weighted by Gasteiger charge is 2.59. The zero-order chi connectivity index (χ0) is 11.3. The summed E-state index contributed by atoms with van der Waals surface area (Å²) < 4.78 is 0. The Morgan fingerprint density at radius 1 is 0.412 bits per heavy atom. The molecule has 4 aliphatic carbocycles. The molecule has 4 fully saturated rings. The van der Waals surface area contributed by atoms with Crippen molar-refractivity contribution in [3.8, 4) is 0 Å². The molecule has 17 heavy (non-hydrogen) atoms. The van der Waals surface area contributed by atoms with Crippen LogP contribution in [0.25, 0.3) is 0 Å². The summed E-state index contributed by atoms with van der Waals surface area (Å²) in [6.45, 7) is 0. The van der Waals surface area contributed by atoms with E-state index >= 15 is 0 Å². The van der Waals surface area contributed by atoms with Crippen LogP contribution in [0.15, 0.2) is 0 Å². The molecule has 0 atom stereocenters. The third-order valence-corrected chi connectivity index (χ3v) is 7.25. The van der Waals surface area contributed by atoms with Crippen molar-refractivity contribution in [2.24, 2.45) is 29.1 Å². The number of hydrogen-bond acceptors (Lipinski definition) is 0. The topological polar surface area (TPSA) is 0 Å². The van der Waals surface area contributed by atoms with Crippen LogP contribution < -0.4 is 0 Å². The van der Waals surface area contributed by atoms with Crippen LogP contribution in [0.5, 0.6) is 0 Å². The van der Waals surface area contributed by atoms with Crippen molar-refractivity contribution in [3.63, 3.8) is 0 Å². The zero-order valence-electron chi connectivity index (χ0n) is 11.3. The minimum Gasteiger partial charge on any atom is -0.0527 e. The maximum absolute atomic E-state index is 1.60. The van der Waals surface area contributed by atoms with E-state index in [9.17, 15) is 0 Å². The molecule has 0 saturated heterocycles. The molecule has 4 aliphatic rings. The van der Waals surface area contributed by atoms with Crippen molar-refractivity contribution in [3.05, 3.63) is 0 Å². The van der Waals surface area contributed by atoms with E-state index in [4.69, 9.17) is 0 Å². The van der Waals surface area contributed by atoms with Crippen molar-refractivity contribution in [2.45, 2.75) is 77.0 Å². The van der Waals surface area contributed by atoms with Crippen molar-refractivity contribution in [2.75, 3.05) is 0 Å². The summed E-state index contributed by atoms with van der Waals surface area (Å²) in [6.07, 6.45) is 19.1. The first-order valence-electron chi connectivity index (χ1n) is 8.42. The van der Waals surface area contributed by atoms with Gasteiger partial charge in [0, 0.05) is 0 Å². The van der Waals surface area contributed by atoms with Gasteiger partial charge in [0.15, 0.2) is 0 Å². The summed E-state index contributed by atoms with van der Waals surface area (Å²) in [5.74, 6) is 4.63. The Hall–Kier alpha value is 0. The molecule has 0 heterocycles. The van der Waals surface area contributed by atoms with Crippen molar-refractivity contribution in [1.82, 2.24) is 0 Å². The summed E-state index contributed by atoms with van der Waals surface area (Å²) in [5.41, 5.74) is 0.882. The van der Waals surface area contributed by atoms with Gasteiger partial charge in [-0.15, -0.1) is 0 Å². The smallest absolute Gasteiger partial charge is 0.0184 e. The summed E-state index contributed by atoms with van der Waals surface area (Å²) in [6, 6.07) is 0. The highest BCUT2D eigenvalue weighted by atomic mass is 14.6. The van der Waals surface area contributed by atoms with E-state index in [-0.39, 0.29) is 0 Å². The molecule has 4 saturated carbocycles. The minimum atomic E-state index is 0.882. The molecule has 0 heteroatoms. The standard InChI is InChI=1S/C17H28/c1-5-13-7-2-9-15-11-4-12-16-10-3-8-14(6-1)17(13,15)16/h13-16H,1-12H2. The minimum absolute atomic E-state index is 0.882. The molecule has 0 N–H and O–H groups in total. The van der Waals surface area contributed by atoms with Crippen LogP contribution in [0.2, 0.25) is 0 Å². The Labute approximate surface area is 107 Å². The maximum atomic E-state index is 1.60. The Kier molecular flexibility index (Phi) is 2.56. The second-order valence-electron chi connectivity index (χ2n) is 7.51. The molecule has 0 amide bonds. The number of rotatable bonds is 0. The average Bonchev–Trinajstić information content (AvgIpc) is 2.39. The van der Waals surface area contributed by atoms with Crippen LogP contribution in [0, 0.1) is 29.1 Å². The van der Waals surface area contributed by atoms with Gasteiger partial charge in [-0.3, -0.25) is 0 Å². The first kappa shape index (κ1) is 10.9. The first-order chi connectivity index (χ1) is 8.42. The fraction of sp³-hybridized carbons (Fsp3) is 1.00. The molecule has 0 aromatic rings. The summed E-state index contributed by atoms with van der Waals surface area (Å²) >= 11 is 0. The van der Waals surface area contributed by atoms with Gasteiger partial charge in [-0.05, 0) is 80.5 Å². The van der Waals surface area contributed by atoms with Crippen molar-refractivity contribution < 1.29 is 0 Å². The largest absolute Gasteiger partial charge is 0.0527 e. The van der Waals surface area contributed by atoms with Crippen LogP contribution in [-0.2, 0) is 0 Å². The molecule has 4 rings (SSSR count). The Morgan fingerprint density at radius 3 is 0.882 bits per heavy atom. The van der Waals surface area contributed by atoms with Crippen LogP contribution in [0.4, 0.5) is 0 Å². The average molecular weight is 232 g/mol. The van der Waals surface area contributed by atoms with E-state index in [0.29, 0.717) is 0 Å².